The molecule has 0 unspecified atom stereocenters. The largest absolute Gasteiger partial charge is 0.495 e. The number of hydrogen-bond donors (Lipinski definition) is 0. The Bertz CT molecular complexity index is 757. The molecule has 1 aromatic carbocycles. The molecule has 0 fully saturated rings. The van der Waals surface area contributed by atoms with Crippen LogP contribution in [0.1, 0.15) is 15.4 Å². The molecule has 5 heteroatoms. The third kappa shape index (κ3) is 2.13. The summed E-state index contributed by atoms with van der Waals surface area (Å²) in [6.45, 7) is 0. The molecule has 0 spiro atoms. The molecule has 0 atom stereocenters. The van der Waals surface area contributed by atoms with Crippen molar-refractivity contribution >= 4 is 39.7 Å². The predicted molar refractivity (Wildman–Crippen MR) is 75.5 cm³/mol. The highest BCUT2D eigenvalue weighted by Gasteiger charge is 2.20. The molecule has 2 aromatic heterocycles. The Kier molecular flexibility index (Phi) is 3.05. The molecule has 0 saturated carbocycles. The summed E-state index contributed by atoms with van der Waals surface area (Å²) in [6, 6.07) is 8.70. The predicted octanol–water partition coefficient (Wildman–Crippen LogP) is 4.39. The van der Waals surface area contributed by atoms with E-state index >= 15 is 0 Å². The quantitative estimate of drug-likeness (QED) is 0.672. The third-order valence-electron chi connectivity index (χ3n) is 2.76. The van der Waals surface area contributed by atoms with Crippen LogP contribution in [0.15, 0.2) is 40.1 Å². The minimum Gasteiger partial charge on any atom is -0.495 e. The molecule has 0 aliphatic carbocycles. The fraction of sp³-hybridized carbons (Fsp3) is 0.0714. The summed E-state index contributed by atoms with van der Waals surface area (Å²) >= 11 is 7.24. The lowest BCUT2D eigenvalue weighted by Gasteiger charge is -1.98. The first kappa shape index (κ1) is 12.3. The van der Waals surface area contributed by atoms with Crippen LogP contribution < -0.4 is 4.74 Å². The van der Waals surface area contributed by atoms with E-state index in [2.05, 4.69) is 0 Å². The van der Waals surface area contributed by atoms with Crippen LogP contribution in [-0.2, 0) is 0 Å². The van der Waals surface area contributed by atoms with Gasteiger partial charge >= 0.3 is 0 Å². The van der Waals surface area contributed by atoms with Crippen molar-refractivity contribution in [3.8, 4) is 5.75 Å². The zero-order chi connectivity index (χ0) is 13.4. The van der Waals surface area contributed by atoms with Crippen LogP contribution in [0.25, 0.3) is 11.0 Å². The average molecular weight is 293 g/mol. The number of ether oxygens (including phenoxy) is 1. The number of halogens is 1. The maximum absolute atomic E-state index is 12.3. The molecule has 19 heavy (non-hydrogen) atoms. The number of hydrogen-bond acceptors (Lipinski definition) is 4. The van der Waals surface area contributed by atoms with Gasteiger partial charge in [-0.15, -0.1) is 11.3 Å². The summed E-state index contributed by atoms with van der Waals surface area (Å²) in [7, 11) is 1.54. The van der Waals surface area contributed by atoms with E-state index in [-0.39, 0.29) is 11.5 Å². The minimum atomic E-state index is -0.181. The standard InChI is InChI=1S/C14H9ClO3S/c1-17-11-4-5-19-14(11)13(16)12-7-8-6-9(15)2-3-10(8)18-12/h2-7H,1H3. The molecule has 0 aliphatic rings. The SMILES string of the molecule is COc1ccsc1C(=O)c1cc2cc(Cl)ccc2o1. The number of ketones is 1. The van der Waals surface area contributed by atoms with Crippen molar-refractivity contribution in [2.45, 2.75) is 0 Å². The van der Waals surface area contributed by atoms with Gasteiger partial charge in [0.2, 0.25) is 5.78 Å². The van der Waals surface area contributed by atoms with Gasteiger partial charge in [0, 0.05) is 10.4 Å². The van der Waals surface area contributed by atoms with Crippen molar-refractivity contribution in [1.29, 1.82) is 0 Å². The molecule has 0 aliphatic heterocycles. The maximum Gasteiger partial charge on any atom is 0.241 e. The van der Waals surface area contributed by atoms with E-state index in [9.17, 15) is 4.79 Å². The molecule has 0 radical (unpaired) electrons. The third-order valence-corrected chi connectivity index (χ3v) is 3.89. The highest BCUT2D eigenvalue weighted by molar-refractivity contribution is 7.12. The zero-order valence-electron chi connectivity index (χ0n) is 9.98. The van der Waals surface area contributed by atoms with E-state index in [1.54, 1.807) is 30.3 Å². The van der Waals surface area contributed by atoms with Gasteiger partial charge in [0.15, 0.2) is 5.76 Å². The van der Waals surface area contributed by atoms with Crippen molar-refractivity contribution < 1.29 is 13.9 Å². The number of benzene rings is 1. The first-order chi connectivity index (χ1) is 9.19. The van der Waals surface area contributed by atoms with Crippen LogP contribution in [0.2, 0.25) is 5.02 Å². The molecule has 96 valence electrons. The lowest BCUT2D eigenvalue weighted by Crippen LogP contribution is -1.98. The summed E-state index contributed by atoms with van der Waals surface area (Å²) in [6.07, 6.45) is 0. The smallest absolute Gasteiger partial charge is 0.241 e. The van der Waals surface area contributed by atoms with Crippen LogP contribution in [-0.4, -0.2) is 12.9 Å². The Morgan fingerprint density at radius 3 is 2.95 bits per heavy atom. The molecule has 0 saturated heterocycles. The maximum atomic E-state index is 12.3. The Morgan fingerprint density at radius 2 is 2.16 bits per heavy atom. The van der Waals surface area contributed by atoms with E-state index in [1.165, 1.54) is 18.4 Å². The van der Waals surface area contributed by atoms with Crippen molar-refractivity contribution in [3.63, 3.8) is 0 Å². The van der Waals surface area contributed by atoms with Crippen LogP contribution in [0.4, 0.5) is 0 Å². The Hall–Kier alpha value is -1.78. The molecule has 3 rings (SSSR count). The number of carbonyl (C=O) groups is 1. The lowest BCUT2D eigenvalue weighted by atomic mass is 10.2. The van der Waals surface area contributed by atoms with E-state index in [0.29, 0.717) is 21.2 Å². The highest BCUT2D eigenvalue weighted by Crippen LogP contribution is 2.30. The lowest BCUT2D eigenvalue weighted by molar-refractivity contribution is 0.101. The van der Waals surface area contributed by atoms with Gasteiger partial charge in [0.25, 0.3) is 0 Å². The summed E-state index contributed by atoms with van der Waals surface area (Å²) in [5.41, 5.74) is 0.642. The second-order valence-corrected chi connectivity index (χ2v) is 5.29. The number of furan rings is 1. The summed E-state index contributed by atoms with van der Waals surface area (Å²) in [4.78, 5) is 12.9. The Balaban J connectivity index is 2.07. The average Bonchev–Trinajstić information content (AvgIpc) is 3.03. The van der Waals surface area contributed by atoms with E-state index in [0.717, 1.165) is 5.39 Å². The number of fused-ring (bicyclic) bond motifs is 1. The fourth-order valence-electron chi connectivity index (χ4n) is 1.86. The van der Waals surface area contributed by atoms with E-state index in [4.69, 9.17) is 20.8 Å². The topological polar surface area (TPSA) is 39.4 Å². The Morgan fingerprint density at radius 1 is 1.32 bits per heavy atom. The second kappa shape index (κ2) is 4.72. The molecule has 0 N–H and O–H groups in total. The van der Waals surface area contributed by atoms with Crippen LogP contribution in [0, 0.1) is 0 Å². The number of rotatable bonds is 3. The van der Waals surface area contributed by atoms with Gasteiger partial charge in [-0.3, -0.25) is 4.79 Å². The first-order valence-corrected chi connectivity index (χ1v) is 6.80. The molecule has 0 bridgehead atoms. The van der Waals surface area contributed by atoms with Crippen molar-refractivity contribution in [2.75, 3.05) is 7.11 Å². The highest BCUT2D eigenvalue weighted by atomic mass is 35.5. The minimum absolute atomic E-state index is 0.181. The first-order valence-electron chi connectivity index (χ1n) is 5.54. The molecule has 2 heterocycles. The zero-order valence-corrected chi connectivity index (χ0v) is 11.5. The summed E-state index contributed by atoms with van der Waals surface area (Å²) in [5.74, 6) is 0.672. The Labute approximate surface area is 118 Å². The van der Waals surface area contributed by atoms with Crippen molar-refractivity contribution in [2.24, 2.45) is 0 Å². The summed E-state index contributed by atoms with van der Waals surface area (Å²) in [5, 5.41) is 3.23. The summed E-state index contributed by atoms with van der Waals surface area (Å²) < 4.78 is 10.7. The number of thiophene rings is 1. The van der Waals surface area contributed by atoms with Crippen molar-refractivity contribution in [1.82, 2.24) is 0 Å². The van der Waals surface area contributed by atoms with Crippen LogP contribution in [0.5, 0.6) is 5.75 Å². The van der Waals surface area contributed by atoms with Gasteiger partial charge < -0.3 is 9.15 Å². The second-order valence-electron chi connectivity index (χ2n) is 3.94. The van der Waals surface area contributed by atoms with Gasteiger partial charge in [-0.2, -0.15) is 0 Å². The van der Waals surface area contributed by atoms with Gasteiger partial charge in [-0.05, 0) is 35.7 Å². The van der Waals surface area contributed by atoms with Gasteiger partial charge in [0.05, 0.1) is 7.11 Å². The fourth-order valence-corrected chi connectivity index (χ4v) is 2.85. The molecular formula is C14H9ClO3S. The molecule has 3 aromatic rings. The van der Waals surface area contributed by atoms with E-state index in [1.807, 2.05) is 5.38 Å². The van der Waals surface area contributed by atoms with Gasteiger partial charge in [-0.1, -0.05) is 11.6 Å². The molecule has 3 nitrogen and oxygen atoms in total. The van der Waals surface area contributed by atoms with Crippen LogP contribution in [0.3, 0.4) is 0 Å². The van der Waals surface area contributed by atoms with Gasteiger partial charge in [-0.25, -0.2) is 0 Å². The van der Waals surface area contributed by atoms with Crippen LogP contribution >= 0.6 is 22.9 Å². The monoisotopic (exact) mass is 292 g/mol. The van der Waals surface area contributed by atoms with Crippen molar-refractivity contribution in [3.05, 3.63) is 51.4 Å². The normalized spacial score (nSPS) is 10.8. The van der Waals surface area contributed by atoms with Gasteiger partial charge in [0.1, 0.15) is 16.2 Å². The number of carbonyl (C=O) groups excluding carboxylic acids is 1. The van der Waals surface area contributed by atoms with E-state index < -0.39 is 0 Å². The molecule has 0 amide bonds. The molecular weight excluding hydrogens is 284 g/mol. The number of methoxy groups -OCH3 is 1.